The normalized spacial score (nSPS) is 30.5. The standard InChI is InChI=1S/C8H11NS/c9-4-7-3-8(7)6-1-2-10-5-6/h1-2,5,7-8H,3-4,9H2/t7-,8+/m1/s1. The average molecular weight is 153 g/mol. The van der Waals surface area contributed by atoms with Crippen LogP contribution in [0.5, 0.6) is 0 Å². The lowest BCUT2D eigenvalue weighted by Gasteiger charge is -1.90. The predicted octanol–water partition coefficient (Wildman–Crippen LogP) is 1.81. The van der Waals surface area contributed by atoms with Crippen molar-refractivity contribution in [1.82, 2.24) is 0 Å². The van der Waals surface area contributed by atoms with Crippen molar-refractivity contribution >= 4 is 11.3 Å². The molecule has 0 aliphatic heterocycles. The van der Waals surface area contributed by atoms with Crippen LogP contribution in [-0.4, -0.2) is 6.54 Å². The highest BCUT2D eigenvalue weighted by Crippen LogP contribution is 2.47. The van der Waals surface area contributed by atoms with Crippen molar-refractivity contribution in [3.63, 3.8) is 0 Å². The Balaban J connectivity index is 2.05. The van der Waals surface area contributed by atoms with Crippen LogP contribution in [-0.2, 0) is 0 Å². The zero-order valence-corrected chi connectivity index (χ0v) is 6.60. The summed E-state index contributed by atoms with van der Waals surface area (Å²) in [5.74, 6) is 1.59. The van der Waals surface area contributed by atoms with Crippen molar-refractivity contribution < 1.29 is 0 Å². The first-order valence-electron chi connectivity index (χ1n) is 3.64. The van der Waals surface area contributed by atoms with Gasteiger partial charge < -0.3 is 5.73 Å². The Bertz CT molecular complexity index is 205. The van der Waals surface area contributed by atoms with E-state index in [9.17, 15) is 0 Å². The van der Waals surface area contributed by atoms with Gasteiger partial charge in [0, 0.05) is 0 Å². The largest absolute Gasteiger partial charge is 0.330 e. The van der Waals surface area contributed by atoms with Gasteiger partial charge in [0.25, 0.3) is 0 Å². The number of nitrogens with two attached hydrogens (primary N) is 1. The molecular weight excluding hydrogens is 142 g/mol. The van der Waals surface area contributed by atoms with Gasteiger partial charge in [0.2, 0.25) is 0 Å². The lowest BCUT2D eigenvalue weighted by atomic mass is 10.2. The van der Waals surface area contributed by atoms with Crippen molar-refractivity contribution in [2.24, 2.45) is 11.7 Å². The lowest BCUT2D eigenvalue weighted by Crippen LogP contribution is -2.01. The van der Waals surface area contributed by atoms with Gasteiger partial charge in [-0.2, -0.15) is 11.3 Å². The summed E-state index contributed by atoms with van der Waals surface area (Å²) >= 11 is 1.78. The number of rotatable bonds is 2. The fraction of sp³-hybridized carbons (Fsp3) is 0.500. The highest BCUT2D eigenvalue weighted by molar-refractivity contribution is 7.08. The van der Waals surface area contributed by atoms with Gasteiger partial charge >= 0.3 is 0 Å². The SMILES string of the molecule is NC[C@H]1C[C@H]1c1ccsc1. The maximum absolute atomic E-state index is 5.53. The zero-order valence-electron chi connectivity index (χ0n) is 5.79. The Morgan fingerprint density at radius 1 is 1.70 bits per heavy atom. The predicted molar refractivity (Wildman–Crippen MR) is 44.2 cm³/mol. The van der Waals surface area contributed by atoms with E-state index >= 15 is 0 Å². The fourth-order valence-electron chi connectivity index (χ4n) is 1.40. The molecule has 2 heteroatoms. The maximum atomic E-state index is 5.53. The molecule has 1 fully saturated rings. The van der Waals surface area contributed by atoms with Gasteiger partial charge in [-0.15, -0.1) is 0 Å². The smallest absolute Gasteiger partial charge is 0.00428 e. The highest BCUT2D eigenvalue weighted by Gasteiger charge is 2.36. The van der Waals surface area contributed by atoms with Crippen LogP contribution in [0, 0.1) is 5.92 Å². The Labute approximate surface area is 64.9 Å². The Morgan fingerprint density at radius 3 is 3.10 bits per heavy atom. The summed E-state index contributed by atoms with van der Waals surface area (Å²) in [5, 5.41) is 4.38. The molecule has 1 aromatic rings. The molecule has 0 spiro atoms. The molecule has 1 saturated carbocycles. The molecule has 54 valence electrons. The minimum absolute atomic E-state index is 0.787. The third kappa shape index (κ3) is 0.976. The van der Waals surface area contributed by atoms with Gasteiger partial charge in [-0.05, 0) is 47.2 Å². The Kier molecular flexibility index (Phi) is 1.51. The molecule has 1 nitrogen and oxygen atoms in total. The molecule has 10 heavy (non-hydrogen) atoms. The number of hydrogen-bond acceptors (Lipinski definition) is 2. The van der Waals surface area contributed by atoms with Crippen LogP contribution in [0.2, 0.25) is 0 Å². The molecule has 0 radical (unpaired) electrons. The second kappa shape index (κ2) is 2.36. The van der Waals surface area contributed by atoms with Crippen LogP contribution in [0.4, 0.5) is 0 Å². The first kappa shape index (κ1) is 6.38. The molecule has 2 rings (SSSR count). The van der Waals surface area contributed by atoms with E-state index in [2.05, 4.69) is 16.8 Å². The molecule has 1 aliphatic carbocycles. The molecule has 2 N–H and O–H groups in total. The van der Waals surface area contributed by atoms with E-state index < -0.39 is 0 Å². The van der Waals surface area contributed by atoms with Crippen molar-refractivity contribution in [3.8, 4) is 0 Å². The summed E-state index contributed by atoms with van der Waals surface area (Å²) in [6, 6.07) is 2.21. The molecule has 0 amide bonds. The van der Waals surface area contributed by atoms with Crippen molar-refractivity contribution in [2.75, 3.05) is 6.54 Å². The summed E-state index contributed by atoms with van der Waals surface area (Å²) in [6.45, 7) is 0.862. The van der Waals surface area contributed by atoms with E-state index in [4.69, 9.17) is 5.73 Å². The third-order valence-corrected chi connectivity index (χ3v) is 2.90. The monoisotopic (exact) mass is 153 g/mol. The van der Waals surface area contributed by atoms with Crippen LogP contribution in [0.15, 0.2) is 16.8 Å². The molecule has 1 aliphatic rings. The Hall–Kier alpha value is -0.340. The van der Waals surface area contributed by atoms with Gasteiger partial charge in [0.15, 0.2) is 0 Å². The topological polar surface area (TPSA) is 26.0 Å². The highest BCUT2D eigenvalue weighted by atomic mass is 32.1. The summed E-state index contributed by atoms with van der Waals surface area (Å²) in [5.41, 5.74) is 7.03. The molecule has 0 bridgehead atoms. The average Bonchev–Trinajstić information content (AvgIpc) is 2.56. The van der Waals surface area contributed by atoms with Gasteiger partial charge in [-0.25, -0.2) is 0 Å². The third-order valence-electron chi connectivity index (χ3n) is 2.20. The zero-order chi connectivity index (χ0) is 6.97. The summed E-state index contributed by atoms with van der Waals surface area (Å²) in [7, 11) is 0. The fourth-order valence-corrected chi connectivity index (χ4v) is 2.13. The van der Waals surface area contributed by atoms with Crippen LogP contribution in [0.1, 0.15) is 17.9 Å². The van der Waals surface area contributed by atoms with Crippen molar-refractivity contribution in [3.05, 3.63) is 22.4 Å². The number of thiophene rings is 1. The first-order chi connectivity index (χ1) is 4.92. The minimum Gasteiger partial charge on any atom is -0.330 e. The summed E-state index contributed by atoms with van der Waals surface area (Å²) in [6.07, 6.45) is 1.31. The molecule has 0 unspecified atom stereocenters. The Morgan fingerprint density at radius 2 is 2.60 bits per heavy atom. The van der Waals surface area contributed by atoms with E-state index in [1.54, 1.807) is 11.3 Å². The quantitative estimate of drug-likeness (QED) is 0.689. The van der Waals surface area contributed by atoms with Gasteiger partial charge in [-0.3, -0.25) is 0 Å². The van der Waals surface area contributed by atoms with Crippen molar-refractivity contribution in [2.45, 2.75) is 12.3 Å². The second-order valence-corrected chi connectivity index (χ2v) is 3.67. The van der Waals surface area contributed by atoms with Gasteiger partial charge in [0.1, 0.15) is 0 Å². The molecule has 0 aromatic carbocycles. The van der Waals surface area contributed by atoms with E-state index in [0.29, 0.717) is 0 Å². The maximum Gasteiger partial charge on any atom is -0.00428 e. The molecule has 1 aromatic heterocycles. The van der Waals surface area contributed by atoms with E-state index in [-0.39, 0.29) is 0 Å². The molecule has 0 saturated heterocycles. The van der Waals surface area contributed by atoms with E-state index in [1.165, 1.54) is 12.0 Å². The summed E-state index contributed by atoms with van der Waals surface area (Å²) in [4.78, 5) is 0. The van der Waals surface area contributed by atoms with E-state index in [0.717, 1.165) is 18.4 Å². The van der Waals surface area contributed by atoms with Gasteiger partial charge in [0.05, 0.1) is 0 Å². The number of hydrogen-bond donors (Lipinski definition) is 1. The molecule has 2 atom stereocenters. The first-order valence-corrected chi connectivity index (χ1v) is 4.58. The minimum atomic E-state index is 0.787. The van der Waals surface area contributed by atoms with Gasteiger partial charge in [-0.1, -0.05) is 0 Å². The second-order valence-electron chi connectivity index (χ2n) is 2.89. The molecular formula is C8H11NS. The summed E-state index contributed by atoms with van der Waals surface area (Å²) < 4.78 is 0. The van der Waals surface area contributed by atoms with Crippen LogP contribution >= 0.6 is 11.3 Å². The lowest BCUT2D eigenvalue weighted by molar-refractivity contribution is 0.811. The van der Waals surface area contributed by atoms with E-state index in [1.807, 2.05) is 0 Å². The van der Waals surface area contributed by atoms with Crippen molar-refractivity contribution in [1.29, 1.82) is 0 Å². The molecule has 1 heterocycles. The van der Waals surface area contributed by atoms with Crippen LogP contribution in [0.3, 0.4) is 0 Å². The van der Waals surface area contributed by atoms with Crippen LogP contribution < -0.4 is 5.73 Å². The van der Waals surface area contributed by atoms with Crippen LogP contribution in [0.25, 0.3) is 0 Å².